The van der Waals surface area contributed by atoms with E-state index in [1.165, 1.54) is 13.2 Å². The first-order chi connectivity index (χ1) is 16.9. The number of aldehydes is 1. The first-order valence-electron chi connectivity index (χ1n) is 11.7. The van der Waals surface area contributed by atoms with Crippen molar-refractivity contribution in [3.05, 3.63) is 47.8 Å². The summed E-state index contributed by atoms with van der Waals surface area (Å²) in [5.41, 5.74) is 1.70. The number of ether oxygens (including phenoxy) is 2. The zero-order chi connectivity index (χ0) is 27.2. The van der Waals surface area contributed by atoms with E-state index in [-0.39, 0.29) is 28.8 Å². The number of imidazole rings is 1. The van der Waals surface area contributed by atoms with Gasteiger partial charge in [-0.1, -0.05) is 27.7 Å². The van der Waals surface area contributed by atoms with Gasteiger partial charge in [0, 0.05) is 29.1 Å². The summed E-state index contributed by atoms with van der Waals surface area (Å²) in [6, 6.07) is 7.21. The number of fused-ring (bicyclic) bond motifs is 1. The van der Waals surface area contributed by atoms with Crippen molar-refractivity contribution in [3.63, 3.8) is 0 Å². The summed E-state index contributed by atoms with van der Waals surface area (Å²) in [7, 11) is 3.29. The zero-order valence-electron chi connectivity index (χ0n) is 22.1. The van der Waals surface area contributed by atoms with Crippen LogP contribution in [0.25, 0.3) is 16.9 Å². The summed E-state index contributed by atoms with van der Waals surface area (Å²) in [4.78, 5) is 28.4. The minimum Gasteiger partial charge on any atom is -0.496 e. The van der Waals surface area contributed by atoms with Crippen LogP contribution in [0.4, 0.5) is 8.78 Å². The number of nitrogens with one attached hydrogen (secondary N) is 1. The lowest BCUT2D eigenvalue weighted by molar-refractivity contribution is -0.126. The number of rotatable bonds is 9. The normalized spacial score (nSPS) is 11.6. The summed E-state index contributed by atoms with van der Waals surface area (Å²) >= 11 is 0. The number of nitrogens with zero attached hydrogens (tertiary/aromatic N) is 2. The summed E-state index contributed by atoms with van der Waals surface area (Å²) in [6.45, 7) is 8.62. The number of hydrogen-bond acceptors (Lipinski definition) is 6. The van der Waals surface area contributed by atoms with E-state index >= 15 is 0 Å². The highest BCUT2D eigenvalue weighted by molar-refractivity contribution is 5.91. The van der Waals surface area contributed by atoms with Gasteiger partial charge in [-0.15, -0.1) is 0 Å². The van der Waals surface area contributed by atoms with Crippen molar-refractivity contribution >= 4 is 17.7 Å². The van der Waals surface area contributed by atoms with E-state index in [2.05, 4.69) is 28.9 Å². The molecule has 1 N–H and O–H groups in total. The number of methoxy groups -OCH3 is 1. The molecule has 2 heterocycles. The van der Waals surface area contributed by atoms with Crippen LogP contribution < -0.4 is 14.8 Å². The van der Waals surface area contributed by atoms with Gasteiger partial charge in [-0.3, -0.25) is 14.0 Å². The SMILES string of the molecule is CNC(C)C.COc1cc(-c2cnc3cc(C(C)(C)C(=O)C(C)C)ccn23)cc(OC(F)F)c1C=O. The molecule has 3 rings (SSSR count). The molecule has 9 heteroatoms. The maximum Gasteiger partial charge on any atom is 0.387 e. The number of pyridine rings is 1. The van der Waals surface area contributed by atoms with E-state index in [0.717, 1.165) is 5.56 Å². The van der Waals surface area contributed by atoms with Crippen molar-refractivity contribution in [1.29, 1.82) is 0 Å². The molecule has 0 amide bonds. The number of Topliss-reactive ketones (excluding diaryl/α,β-unsaturated/α-hetero) is 1. The Morgan fingerprint density at radius 1 is 1.14 bits per heavy atom. The van der Waals surface area contributed by atoms with Gasteiger partial charge in [0.05, 0.1) is 24.6 Å². The molecule has 1 aromatic carbocycles. The molecular weight excluding hydrogens is 468 g/mol. The summed E-state index contributed by atoms with van der Waals surface area (Å²) in [5.74, 6) is -0.168. The lowest BCUT2D eigenvalue weighted by atomic mass is 9.77. The van der Waals surface area contributed by atoms with Gasteiger partial charge in [-0.05, 0) is 50.7 Å². The van der Waals surface area contributed by atoms with Gasteiger partial charge in [-0.25, -0.2) is 4.98 Å². The molecule has 0 radical (unpaired) electrons. The molecule has 0 saturated heterocycles. The third kappa shape index (κ3) is 6.46. The van der Waals surface area contributed by atoms with Crippen LogP contribution in [0.3, 0.4) is 0 Å². The molecule has 0 fully saturated rings. The Hall–Kier alpha value is -3.33. The molecule has 0 unspecified atom stereocenters. The third-order valence-electron chi connectivity index (χ3n) is 5.91. The van der Waals surface area contributed by atoms with Crippen molar-refractivity contribution in [2.24, 2.45) is 5.92 Å². The fourth-order valence-electron chi connectivity index (χ4n) is 3.67. The maximum absolute atomic E-state index is 12.9. The minimum atomic E-state index is -3.09. The van der Waals surface area contributed by atoms with Crippen LogP contribution in [0.5, 0.6) is 11.5 Å². The lowest BCUT2D eigenvalue weighted by Crippen LogP contribution is -2.32. The number of carbonyl (C=O) groups excluding carboxylic acids is 2. The fraction of sp³-hybridized carbons (Fsp3) is 0.444. The minimum absolute atomic E-state index is 0.100. The van der Waals surface area contributed by atoms with Gasteiger partial charge < -0.3 is 14.8 Å². The molecule has 3 aromatic rings. The van der Waals surface area contributed by atoms with E-state index < -0.39 is 12.0 Å². The van der Waals surface area contributed by atoms with E-state index in [1.807, 2.05) is 46.9 Å². The highest BCUT2D eigenvalue weighted by Gasteiger charge is 2.31. The Labute approximate surface area is 210 Å². The Morgan fingerprint density at radius 3 is 2.25 bits per heavy atom. The number of aromatic nitrogens is 2. The molecule has 36 heavy (non-hydrogen) atoms. The Bertz CT molecular complexity index is 1200. The van der Waals surface area contributed by atoms with Gasteiger partial charge in [0.1, 0.15) is 22.9 Å². The topological polar surface area (TPSA) is 81.9 Å². The van der Waals surface area contributed by atoms with Gasteiger partial charge >= 0.3 is 6.61 Å². The van der Waals surface area contributed by atoms with Crippen molar-refractivity contribution in [1.82, 2.24) is 14.7 Å². The predicted octanol–water partition coefficient (Wildman–Crippen LogP) is 5.54. The average molecular weight is 504 g/mol. The van der Waals surface area contributed by atoms with Crippen LogP contribution >= 0.6 is 0 Å². The van der Waals surface area contributed by atoms with Crippen LogP contribution in [-0.2, 0) is 10.2 Å². The van der Waals surface area contributed by atoms with E-state index in [9.17, 15) is 18.4 Å². The molecule has 7 nitrogen and oxygen atoms in total. The van der Waals surface area contributed by atoms with E-state index in [0.29, 0.717) is 29.2 Å². The Balaban J connectivity index is 0.000000830. The number of carbonyl (C=O) groups is 2. The van der Waals surface area contributed by atoms with Crippen molar-refractivity contribution < 1.29 is 27.8 Å². The molecule has 0 spiro atoms. The average Bonchev–Trinajstić information content (AvgIpc) is 3.26. The number of hydrogen-bond donors (Lipinski definition) is 1. The monoisotopic (exact) mass is 503 g/mol. The second-order valence-electron chi connectivity index (χ2n) is 9.46. The fourth-order valence-corrected chi connectivity index (χ4v) is 3.67. The second-order valence-corrected chi connectivity index (χ2v) is 9.46. The standard InChI is InChI=1S/C23H24F2N2O4.C4H11N/c1-13(2)21(29)23(3,4)15-6-7-27-17(11-26-20(27)10-15)14-8-18(30-5)16(12-28)19(9-14)31-22(24)25;1-4(2)5-3/h6-13,22H,1-5H3;4-5H,1-3H3. The first kappa shape index (κ1) is 28.9. The van der Waals surface area contributed by atoms with Crippen molar-refractivity contribution in [2.75, 3.05) is 14.2 Å². The summed E-state index contributed by atoms with van der Waals surface area (Å²) in [6.07, 6.45) is 3.77. The van der Waals surface area contributed by atoms with Gasteiger partial charge in [0.25, 0.3) is 0 Å². The molecule has 0 aliphatic rings. The van der Waals surface area contributed by atoms with Crippen LogP contribution in [-0.4, -0.2) is 48.3 Å². The quantitative estimate of drug-likeness (QED) is 0.386. The highest BCUT2D eigenvalue weighted by atomic mass is 19.3. The molecule has 0 bridgehead atoms. The van der Waals surface area contributed by atoms with E-state index in [4.69, 9.17) is 4.74 Å². The Kier molecular flexibility index (Phi) is 9.69. The van der Waals surface area contributed by atoms with E-state index in [1.54, 1.807) is 22.9 Å². The number of alkyl halides is 2. The second kappa shape index (κ2) is 12.1. The third-order valence-corrected chi connectivity index (χ3v) is 5.91. The largest absolute Gasteiger partial charge is 0.496 e. The van der Waals surface area contributed by atoms with Crippen molar-refractivity contribution in [2.45, 2.75) is 59.6 Å². The molecule has 0 aliphatic heterocycles. The van der Waals surface area contributed by atoms with Gasteiger partial charge in [-0.2, -0.15) is 8.78 Å². The van der Waals surface area contributed by atoms with Gasteiger partial charge in [0.2, 0.25) is 0 Å². The highest BCUT2D eigenvalue weighted by Crippen LogP contribution is 2.36. The van der Waals surface area contributed by atoms with Gasteiger partial charge in [0.15, 0.2) is 6.29 Å². The smallest absolute Gasteiger partial charge is 0.387 e. The Morgan fingerprint density at radius 2 is 1.75 bits per heavy atom. The summed E-state index contributed by atoms with van der Waals surface area (Å²) < 4.78 is 37.2. The van der Waals surface area contributed by atoms with Crippen LogP contribution in [0.15, 0.2) is 36.7 Å². The maximum atomic E-state index is 12.9. The van der Waals surface area contributed by atoms with Crippen LogP contribution in [0.1, 0.15) is 57.5 Å². The molecular formula is C27H35F2N3O4. The number of benzene rings is 1. The van der Waals surface area contributed by atoms with Crippen LogP contribution in [0, 0.1) is 5.92 Å². The number of ketones is 1. The predicted molar refractivity (Wildman–Crippen MR) is 136 cm³/mol. The molecule has 196 valence electrons. The van der Waals surface area contributed by atoms with Crippen molar-refractivity contribution in [3.8, 4) is 22.8 Å². The zero-order valence-corrected chi connectivity index (χ0v) is 22.1. The van der Waals surface area contributed by atoms with Crippen LogP contribution in [0.2, 0.25) is 0 Å². The molecule has 2 aromatic heterocycles. The molecule has 0 atom stereocenters. The molecule has 0 saturated carbocycles. The summed E-state index contributed by atoms with van der Waals surface area (Å²) in [5, 5.41) is 3.03. The number of halogens is 2. The first-order valence-corrected chi connectivity index (χ1v) is 11.7. The lowest BCUT2D eigenvalue weighted by Gasteiger charge is -2.25. The molecule has 0 aliphatic carbocycles.